The van der Waals surface area contributed by atoms with Crippen LogP contribution in [0.1, 0.15) is 39.7 Å². The number of anilines is 1. The van der Waals surface area contributed by atoms with Crippen LogP contribution in [0.5, 0.6) is 0 Å². The smallest absolute Gasteiger partial charge is 0.249 e. The molecule has 1 rings (SSSR count). The van der Waals surface area contributed by atoms with Crippen molar-refractivity contribution in [2.45, 2.75) is 40.5 Å². The zero-order valence-corrected chi connectivity index (χ0v) is 13.1. The third kappa shape index (κ3) is 5.39. The van der Waals surface area contributed by atoms with E-state index in [0.29, 0.717) is 5.69 Å². The van der Waals surface area contributed by atoms with Gasteiger partial charge >= 0.3 is 0 Å². The van der Waals surface area contributed by atoms with Crippen LogP contribution in [-0.4, -0.2) is 11.7 Å². The van der Waals surface area contributed by atoms with Crippen molar-refractivity contribution in [3.63, 3.8) is 0 Å². The number of nitrogens with zero attached hydrogens (tertiary/aromatic N) is 1. The number of benzene rings is 1. The third-order valence-corrected chi connectivity index (χ3v) is 3.05. The molecule has 0 aliphatic carbocycles. The van der Waals surface area contributed by atoms with Crippen LogP contribution in [0.25, 0.3) is 0 Å². The Balaban J connectivity index is 2.75. The Bertz CT molecular complexity index is 548. The minimum absolute atomic E-state index is 0.202. The fourth-order valence-electron chi connectivity index (χ4n) is 1.94. The van der Waals surface area contributed by atoms with Gasteiger partial charge in [0.15, 0.2) is 11.7 Å². The highest BCUT2D eigenvalue weighted by Gasteiger charge is 2.29. The molecular formula is C17H22N2O2. The summed E-state index contributed by atoms with van der Waals surface area (Å²) in [7, 11) is 0. The van der Waals surface area contributed by atoms with E-state index in [1.54, 1.807) is 18.2 Å². The summed E-state index contributed by atoms with van der Waals surface area (Å²) in [6.07, 6.45) is 1.12. The largest absolute Gasteiger partial charge is 0.325 e. The molecule has 0 spiro atoms. The van der Waals surface area contributed by atoms with Gasteiger partial charge in [-0.25, -0.2) is 0 Å². The van der Waals surface area contributed by atoms with E-state index in [1.165, 1.54) is 0 Å². The number of aryl methyl sites for hydroxylation is 1. The summed E-state index contributed by atoms with van der Waals surface area (Å²) >= 11 is 0. The van der Waals surface area contributed by atoms with Crippen LogP contribution in [0, 0.1) is 22.7 Å². The van der Waals surface area contributed by atoms with Crippen LogP contribution in [-0.2, 0) is 16.0 Å². The molecule has 0 fully saturated rings. The van der Waals surface area contributed by atoms with Gasteiger partial charge in [-0.3, -0.25) is 9.59 Å². The first-order chi connectivity index (χ1) is 9.76. The van der Waals surface area contributed by atoms with Crippen molar-refractivity contribution < 1.29 is 9.59 Å². The first-order valence-electron chi connectivity index (χ1n) is 7.09. The minimum Gasteiger partial charge on any atom is -0.325 e. The Morgan fingerprint density at radius 1 is 1.24 bits per heavy atom. The molecule has 1 amide bonds. The molecule has 1 aromatic rings. The highest BCUT2D eigenvalue weighted by molar-refractivity contribution is 6.09. The van der Waals surface area contributed by atoms with Crippen LogP contribution in [0.4, 0.5) is 5.69 Å². The van der Waals surface area contributed by atoms with E-state index >= 15 is 0 Å². The normalized spacial score (nSPS) is 12.3. The summed E-state index contributed by atoms with van der Waals surface area (Å²) in [6.45, 7) is 7.76. The molecule has 1 aromatic carbocycles. The predicted octanol–water partition coefficient (Wildman–Crippen LogP) is 3.33. The minimum atomic E-state index is -1.25. The van der Waals surface area contributed by atoms with Crippen LogP contribution in [0.15, 0.2) is 24.3 Å². The maximum atomic E-state index is 12.1. The zero-order chi connectivity index (χ0) is 16.0. The van der Waals surface area contributed by atoms with Crippen LogP contribution >= 0.6 is 0 Å². The van der Waals surface area contributed by atoms with Gasteiger partial charge in [0.1, 0.15) is 0 Å². The van der Waals surface area contributed by atoms with Gasteiger partial charge in [-0.05, 0) is 29.5 Å². The van der Waals surface area contributed by atoms with E-state index in [4.69, 9.17) is 5.26 Å². The molecule has 1 N–H and O–H groups in total. The topological polar surface area (TPSA) is 70.0 Å². The number of carbonyl (C=O) groups is 2. The Hall–Kier alpha value is -2.15. The van der Waals surface area contributed by atoms with E-state index in [0.717, 1.165) is 12.0 Å². The fourth-order valence-corrected chi connectivity index (χ4v) is 1.94. The molecule has 0 saturated carbocycles. The molecule has 0 aliphatic heterocycles. The molecule has 21 heavy (non-hydrogen) atoms. The highest BCUT2D eigenvalue weighted by Crippen LogP contribution is 2.22. The fraction of sp³-hybridized carbons (Fsp3) is 0.471. The van der Waals surface area contributed by atoms with Gasteiger partial charge in [0.25, 0.3) is 0 Å². The number of hydrogen-bond acceptors (Lipinski definition) is 3. The molecule has 0 aromatic heterocycles. The van der Waals surface area contributed by atoms with E-state index in [2.05, 4.69) is 5.32 Å². The quantitative estimate of drug-likeness (QED) is 0.844. The molecule has 1 atom stereocenters. The molecule has 0 radical (unpaired) electrons. The predicted molar refractivity (Wildman–Crippen MR) is 82.6 cm³/mol. The van der Waals surface area contributed by atoms with Gasteiger partial charge in [0.05, 0.1) is 6.07 Å². The third-order valence-electron chi connectivity index (χ3n) is 3.05. The number of nitriles is 1. The van der Waals surface area contributed by atoms with E-state index < -0.39 is 11.8 Å². The van der Waals surface area contributed by atoms with Crippen molar-refractivity contribution in [1.82, 2.24) is 0 Å². The number of ketones is 1. The van der Waals surface area contributed by atoms with E-state index in [-0.39, 0.29) is 17.6 Å². The number of Topliss-reactive ketones (excluding diaryl/α,β-unsaturated/α-hetero) is 1. The van der Waals surface area contributed by atoms with Crippen LogP contribution in [0.3, 0.4) is 0 Å². The number of nitrogens with one attached hydrogen (secondary N) is 1. The SMILES string of the molecule is CCc1ccc(NC(=O)[C@@H](C#N)C(=O)CC(C)(C)C)cc1. The molecule has 112 valence electrons. The molecule has 0 unspecified atom stereocenters. The standard InChI is InChI=1S/C17H22N2O2/c1-5-12-6-8-13(9-7-12)19-16(21)14(11-18)15(20)10-17(2,3)4/h6-9,14H,5,10H2,1-4H3,(H,19,21)/t14-/m0/s1. The Labute approximate surface area is 126 Å². The summed E-state index contributed by atoms with van der Waals surface area (Å²) in [5.74, 6) is -2.15. The maximum absolute atomic E-state index is 12.1. The second kappa shape index (κ2) is 7.03. The zero-order valence-electron chi connectivity index (χ0n) is 13.1. The summed E-state index contributed by atoms with van der Waals surface area (Å²) in [5.41, 5.74) is 1.52. The first-order valence-corrected chi connectivity index (χ1v) is 7.09. The Morgan fingerprint density at radius 3 is 2.24 bits per heavy atom. The van der Waals surface area contributed by atoms with Crippen molar-refractivity contribution in [1.29, 1.82) is 5.26 Å². The van der Waals surface area contributed by atoms with Crippen LogP contribution < -0.4 is 5.32 Å². The summed E-state index contributed by atoms with van der Waals surface area (Å²) in [4.78, 5) is 24.1. The number of amides is 1. The van der Waals surface area contributed by atoms with Crippen molar-refractivity contribution in [2.24, 2.45) is 11.3 Å². The molecule has 0 bridgehead atoms. The maximum Gasteiger partial charge on any atom is 0.249 e. The lowest BCUT2D eigenvalue weighted by Gasteiger charge is -2.18. The average Bonchev–Trinajstić information content (AvgIpc) is 2.38. The van der Waals surface area contributed by atoms with Gasteiger partial charge in [-0.15, -0.1) is 0 Å². The molecule has 0 aliphatic rings. The van der Waals surface area contributed by atoms with Crippen LogP contribution in [0.2, 0.25) is 0 Å². The Kier molecular flexibility index (Phi) is 5.66. The Morgan fingerprint density at radius 2 is 1.81 bits per heavy atom. The number of hydrogen-bond donors (Lipinski definition) is 1. The molecule has 4 nitrogen and oxygen atoms in total. The van der Waals surface area contributed by atoms with Gasteiger partial charge in [0.2, 0.25) is 5.91 Å². The lowest BCUT2D eigenvalue weighted by Crippen LogP contribution is -2.30. The highest BCUT2D eigenvalue weighted by atomic mass is 16.2. The number of rotatable bonds is 5. The second-order valence-corrected chi connectivity index (χ2v) is 6.31. The molecular weight excluding hydrogens is 264 g/mol. The van der Waals surface area contributed by atoms with Crippen molar-refractivity contribution in [2.75, 3.05) is 5.32 Å². The van der Waals surface area contributed by atoms with Crippen molar-refractivity contribution in [3.05, 3.63) is 29.8 Å². The summed E-state index contributed by atoms with van der Waals surface area (Å²) < 4.78 is 0. The first kappa shape index (κ1) is 16.9. The lowest BCUT2D eigenvalue weighted by atomic mass is 9.86. The monoisotopic (exact) mass is 286 g/mol. The lowest BCUT2D eigenvalue weighted by molar-refractivity contribution is -0.129. The molecule has 0 heterocycles. The second-order valence-electron chi connectivity index (χ2n) is 6.31. The van der Waals surface area contributed by atoms with E-state index in [1.807, 2.05) is 39.8 Å². The van der Waals surface area contributed by atoms with E-state index in [9.17, 15) is 9.59 Å². The molecule has 0 saturated heterocycles. The van der Waals surface area contributed by atoms with Gasteiger partial charge in [-0.1, -0.05) is 39.8 Å². The van der Waals surface area contributed by atoms with Gasteiger partial charge in [-0.2, -0.15) is 5.26 Å². The number of carbonyl (C=O) groups excluding carboxylic acids is 2. The van der Waals surface area contributed by atoms with Crippen molar-refractivity contribution in [3.8, 4) is 6.07 Å². The average molecular weight is 286 g/mol. The molecule has 4 heteroatoms. The van der Waals surface area contributed by atoms with Gasteiger partial charge in [0, 0.05) is 12.1 Å². The van der Waals surface area contributed by atoms with Crippen molar-refractivity contribution >= 4 is 17.4 Å². The van der Waals surface area contributed by atoms with Gasteiger partial charge < -0.3 is 5.32 Å². The summed E-state index contributed by atoms with van der Waals surface area (Å²) in [6, 6.07) is 9.18. The summed E-state index contributed by atoms with van der Waals surface area (Å²) in [5, 5.41) is 11.7.